The maximum absolute atomic E-state index is 10.7. The molecule has 0 saturated heterocycles. The van der Waals surface area contributed by atoms with E-state index in [9.17, 15) is 9.59 Å². The van der Waals surface area contributed by atoms with Gasteiger partial charge in [-0.05, 0) is 0 Å². The molecule has 1 aromatic carbocycles. The Bertz CT molecular complexity index is 401. The fraction of sp³-hybridized carbons (Fsp3) is 0.167. The molecule has 0 unspecified atom stereocenters. The zero-order chi connectivity index (χ0) is 11.1. The monoisotopic (exact) mass is 201 g/mol. The van der Waals surface area contributed by atoms with Crippen LogP contribution in [0.25, 0.3) is 0 Å². The second-order valence-corrected chi connectivity index (χ2v) is 2.89. The summed E-state index contributed by atoms with van der Waals surface area (Å²) < 4.78 is 0. The minimum absolute atomic E-state index is 0.434. The van der Waals surface area contributed by atoms with Gasteiger partial charge in [-0.3, -0.25) is 9.59 Å². The highest BCUT2D eigenvalue weighted by Crippen LogP contribution is 2.10. The van der Waals surface area contributed by atoms with E-state index < -0.39 is 0 Å². The lowest BCUT2D eigenvalue weighted by Gasteiger charge is -1.99. The van der Waals surface area contributed by atoms with Crippen molar-refractivity contribution in [1.82, 2.24) is 0 Å². The van der Waals surface area contributed by atoms with Crippen molar-refractivity contribution < 1.29 is 9.59 Å². The molecule has 3 nitrogen and oxygen atoms in total. The Hall–Kier alpha value is -1.92. The zero-order valence-corrected chi connectivity index (χ0v) is 8.19. The van der Waals surface area contributed by atoms with Gasteiger partial charge in [0.25, 0.3) is 0 Å². The molecular formula is C12H11NO2. The van der Waals surface area contributed by atoms with E-state index >= 15 is 0 Å². The average molecular weight is 201 g/mol. The van der Waals surface area contributed by atoms with E-state index in [1.54, 1.807) is 18.2 Å². The minimum atomic E-state index is 0.434. The normalized spacial score (nSPS) is 8.87. The van der Waals surface area contributed by atoms with Crippen LogP contribution in [0.5, 0.6) is 0 Å². The number of benzene rings is 1. The van der Waals surface area contributed by atoms with Gasteiger partial charge in [0.05, 0.1) is 0 Å². The molecule has 1 aromatic rings. The number of carbonyl (C=O) groups is 2. The summed E-state index contributed by atoms with van der Waals surface area (Å²) in [5.74, 6) is 5.60. The van der Waals surface area contributed by atoms with Crippen LogP contribution in [0.1, 0.15) is 32.7 Å². The van der Waals surface area contributed by atoms with Gasteiger partial charge in [0, 0.05) is 29.7 Å². The molecule has 0 aliphatic rings. The molecule has 0 bridgehead atoms. The van der Waals surface area contributed by atoms with Gasteiger partial charge in [-0.25, -0.2) is 0 Å². The van der Waals surface area contributed by atoms with E-state index in [1.165, 1.54) is 0 Å². The van der Waals surface area contributed by atoms with E-state index in [-0.39, 0.29) is 0 Å². The Morgan fingerprint density at radius 2 is 1.80 bits per heavy atom. The van der Waals surface area contributed by atoms with Crippen LogP contribution in [0.15, 0.2) is 18.2 Å². The lowest BCUT2D eigenvalue weighted by molar-refractivity contribution is 0.112. The molecule has 0 spiro atoms. The second kappa shape index (κ2) is 5.74. The van der Waals surface area contributed by atoms with Crippen molar-refractivity contribution in [3.8, 4) is 11.8 Å². The molecule has 2 N–H and O–H groups in total. The molecule has 0 radical (unpaired) electrons. The largest absolute Gasteiger partial charge is 0.330 e. The van der Waals surface area contributed by atoms with Gasteiger partial charge < -0.3 is 5.73 Å². The summed E-state index contributed by atoms with van der Waals surface area (Å²) in [6.07, 6.45) is 1.93. The summed E-state index contributed by atoms with van der Waals surface area (Å²) in [7, 11) is 0. The summed E-state index contributed by atoms with van der Waals surface area (Å²) in [5, 5.41) is 0. The van der Waals surface area contributed by atoms with Crippen molar-refractivity contribution >= 4 is 12.6 Å². The Morgan fingerprint density at radius 1 is 1.20 bits per heavy atom. The van der Waals surface area contributed by atoms with Crippen LogP contribution in [0.3, 0.4) is 0 Å². The van der Waals surface area contributed by atoms with E-state index in [4.69, 9.17) is 5.73 Å². The maximum atomic E-state index is 10.7. The molecule has 15 heavy (non-hydrogen) atoms. The number of aldehydes is 2. The van der Waals surface area contributed by atoms with Crippen molar-refractivity contribution in [2.24, 2.45) is 5.73 Å². The summed E-state index contributed by atoms with van der Waals surface area (Å²) in [4.78, 5) is 21.4. The molecule has 0 fully saturated rings. The number of hydrogen-bond acceptors (Lipinski definition) is 3. The molecule has 0 aliphatic heterocycles. The number of nitrogens with two attached hydrogens (primary N) is 1. The van der Waals surface area contributed by atoms with Gasteiger partial charge in [0.15, 0.2) is 12.6 Å². The summed E-state index contributed by atoms with van der Waals surface area (Å²) in [6, 6.07) is 4.92. The lowest BCUT2D eigenvalue weighted by atomic mass is 10.0. The molecule has 0 amide bonds. The van der Waals surface area contributed by atoms with Crippen molar-refractivity contribution in [3.05, 3.63) is 34.9 Å². The Kier molecular flexibility index (Phi) is 4.27. The van der Waals surface area contributed by atoms with Gasteiger partial charge in [-0.15, -0.1) is 0 Å². The molecule has 3 heteroatoms. The van der Waals surface area contributed by atoms with Gasteiger partial charge >= 0.3 is 0 Å². The maximum Gasteiger partial charge on any atom is 0.151 e. The van der Waals surface area contributed by atoms with E-state index in [2.05, 4.69) is 11.8 Å². The molecule has 0 aliphatic carbocycles. The van der Waals surface area contributed by atoms with Gasteiger partial charge in [0.2, 0.25) is 0 Å². The first-order valence-corrected chi connectivity index (χ1v) is 4.55. The Labute approximate surface area is 88.3 Å². The fourth-order valence-corrected chi connectivity index (χ4v) is 1.15. The smallest absolute Gasteiger partial charge is 0.151 e. The van der Waals surface area contributed by atoms with Crippen LogP contribution in [-0.2, 0) is 0 Å². The van der Waals surface area contributed by atoms with E-state index in [1.807, 2.05) is 0 Å². The first kappa shape index (κ1) is 11.2. The van der Waals surface area contributed by atoms with Crippen molar-refractivity contribution in [1.29, 1.82) is 0 Å². The molecule has 0 heterocycles. The van der Waals surface area contributed by atoms with Crippen molar-refractivity contribution in [2.75, 3.05) is 6.54 Å². The lowest BCUT2D eigenvalue weighted by Crippen LogP contribution is -1.97. The topological polar surface area (TPSA) is 60.2 Å². The molecule has 76 valence electrons. The third-order valence-electron chi connectivity index (χ3n) is 1.87. The first-order chi connectivity index (χ1) is 7.33. The van der Waals surface area contributed by atoms with E-state index in [0.29, 0.717) is 42.2 Å². The van der Waals surface area contributed by atoms with Gasteiger partial charge in [-0.1, -0.05) is 30.0 Å². The van der Waals surface area contributed by atoms with Crippen molar-refractivity contribution in [2.45, 2.75) is 6.42 Å². The molecule has 0 atom stereocenters. The standard InChI is InChI=1S/C12H11NO2/c13-7-2-1-6-12-10(8-14)4-3-5-11(12)9-15/h3-5,8-9H,2,7,13H2. The summed E-state index contributed by atoms with van der Waals surface area (Å²) >= 11 is 0. The highest BCUT2D eigenvalue weighted by Gasteiger charge is 2.03. The quantitative estimate of drug-likeness (QED) is 0.586. The van der Waals surface area contributed by atoms with Gasteiger partial charge in [-0.2, -0.15) is 0 Å². The molecule has 0 aromatic heterocycles. The zero-order valence-electron chi connectivity index (χ0n) is 8.19. The van der Waals surface area contributed by atoms with Crippen molar-refractivity contribution in [3.63, 3.8) is 0 Å². The van der Waals surface area contributed by atoms with Crippen LogP contribution >= 0.6 is 0 Å². The number of hydrogen-bond donors (Lipinski definition) is 1. The molecule has 0 saturated carbocycles. The van der Waals surface area contributed by atoms with Crippen LogP contribution in [0.4, 0.5) is 0 Å². The molecule has 1 rings (SSSR count). The predicted molar refractivity (Wildman–Crippen MR) is 57.8 cm³/mol. The highest BCUT2D eigenvalue weighted by molar-refractivity contribution is 5.88. The van der Waals surface area contributed by atoms with Crippen LogP contribution < -0.4 is 5.73 Å². The third kappa shape index (κ3) is 2.76. The number of rotatable bonds is 3. The van der Waals surface area contributed by atoms with Crippen LogP contribution in [-0.4, -0.2) is 19.1 Å². The Morgan fingerprint density at radius 3 is 2.27 bits per heavy atom. The van der Waals surface area contributed by atoms with E-state index in [0.717, 1.165) is 0 Å². The predicted octanol–water partition coefficient (Wildman–Crippen LogP) is 1.01. The fourth-order valence-electron chi connectivity index (χ4n) is 1.15. The minimum Gasteiger partial charge on any atom is -0.330 e. The highest BCUT2D eigenvalue weighted by atomic mass is 16.1. The van der Waals surface area contributed by atoms with Crippen LogP contribution in [0.2, 0.25) is 0 Å². The summed E-state index contributed by atoms with van der Waals surface area (Å²) in [6.45, 7) is 0.465. The third-order valence-corrected chi connectivity index (χ3v) is 1.87. The SMILES string of the molecule is NCCC#Cc1c(C=O)cccc1C=O. The second-order valence-electron chi connectivity index (χ2n) is 2.89. The molecular weight excluding hydrogens is 190 g/mol. The van der Waals surface area contributed by atoms with Crippen LogP contribution in [0, 0.1) is 11.8 Å². The van der Waals surface area contributed by atoms with Gasteiger partial charge in [0.1, 0.15) is 0 Å². The first-order valence-electron chi connectivity index (χ1n) is 4.55. The Balaban J connectivity index is 3.18. The number of carbonyl (C=O) groups excluding carboxylic acids is 2. The summed E-state index contributed by atoms with van der Waals surface area (Å²) in [5.41, 5.74) is 6.64. The average Bonchev–Trinajstić information content (AvgIpc) is 2.29.